The SMILES string of the molecule is CC(C)c1cccc(C(=O)NOCC2CCOC2)c1. The topological polar surface area (TPSA) is 47.6 Å². The van der Waals surface area contributed by atoms with Crippen molar-refractivity contribution in [1.29, 1.82) is 0 Å². The van der Waals surface area contributed by atoms with E-state index in [1.54, 1.807) is 6.07 Å². The molecule has 1 amide bonds. The first-order valence-electron chi connectivity index (χ1n) is 6.76. The van der Waals surface area contributed by atoms with Gasteiger partial charge in [-0.15, -0.1) is 0 Å². The van der Waals surface area contributed by atoms with Gasteiger partial charge in [0.25, 0.3) is 5.91 Å². The lowest BCUT2D eigenvalue weighted by Crippen LogP contribution is -2.26. The minimum atomic E-state index is -0.193. The number of nitrogens with one attached hydrogen (secondary N) is 1. The molecule has 1 aliphatic rings. The Bertz CT molecular complexity index is 425. The Morgan fingerprint density at radius 2 is 2.37 bits per heavy atom. The van der Waals surface area contributed by atoms with E-state index in [1.165, 1.54) is 0 Å². The summed E-state index contributed by atoms with van der Waals surface area (Å²) in [6, 6.07) is 7.62. The lowest BCUT2D eigenvalue weighted by molar-refractivity contribution is 0.0145. The van der Waals surface area contributed by atoms with E-state index < -0.39 is 0 Å². The van der Waals surface area contributed by atoms with Crippen LogP contribution in [0.3, 0.4) is 0 Å². The van der Waals surface area contributed by atoms with Gasteiger partial charge in [-0.25, -0.2) is 5.48 Å². The molecule has 1 aromatic rings. The number of carbonyl (C=O) groups is 1. The Labute approximate surface area is 114 Å². The molecule has 0 bridgehead atoms. The lowest BCUT2D eigenvalue weighted by Gasteiger charge is -2.11. The molecule has 1 heterocycles. The van der Waals surface area contributed by atoms with Crippen LogP contribution in [0.1, 0.15) is 42.1 Å². The van der Waals surface area contributed by atoms with Crippen molar-refractivity contribution in [2.24, 2.45) is 5.92 Å². The summed E-state index contributed by atoms with van der Waals surface area (Å²) in [6.07, 6.45) is 0.999. The normalized spacial score (nSPS) is 18.8. The lowest BCUT2D eigenvalue weighted by atomic mass is 10.0. The molecule has 0 radical (unpaired) electrons. The third-order valence-corrected chi connectivity index (χ3v) is 3.32. The first-order chi connectivity index (χ1) is 9.16. The van der Waals surface area contributed by atoms with Crippen LogP contribution in [-0.2, 0) is 9.57 Å². The molecule has 4 heteroatoms. The molecule has 0 spiro atoms. The molecule has 104 valence electrons. The van der Waals surface area contributed by atoms with E-state index >= 15 is 0 Å². The molecule has 1 unspecified atom stereocenters. The minimum Gasteiger partial charge on any atom is -0.381 e. The summed E-state index contributed by atoms with van der Waals surface area (Å²) in [4.78, 5) is 17.2. The van der Waals surface area contributed by atoms with Crippen molar-refractivity contribution < 1.29 is 14.4 Å². The zero-order valence-electron chi connectivity index (χ0n) is 11.5. The smallest absolute Gasteiger partial charge is 0.274 e. The van der Waals surface area contributed by atoms with Crippen molar-refractivity contribution >= 4 is 5.91 Å². The molecule has 4 nitrogen and oxygen atoms in total. The third kappa shape index (κ3) is 4.04. The van der Waals surface area contributed by atoms with Crippen LogP contribution in [0.15, 0.2) is 24.3 Å². The molecule has 1 atom stereocenters. The monoisotopic (exact) mass is 263 g/mol. The second kappa shape index (κ2) is 6.68. The number of hydrogen-bond acceptors (Lipinski definition) is 3. The van der Waals surface area contributed by atoms with Crippen LogP contribution in [0.2, 0.25) is 0 Å². The van der Waals surface area contributed by atoms with Crippen LogP contribution in [0, 0.1) is 5.92 Å². The zero-order valence-corrected chi connectivity index (χ0v) is 11.5. The van der Waals surface area contributed by atoms with E-state index in [9.17, 15) is 4.79 Å². The maximum Gasteiger partial charge on any atom is 0.274 e. The molecule has 1 aromatic carbocycles. The van der Waals surface area contributed by atoms with Crippen molar-refractivity contribution in [3.63, 3.8) is 0 Å². The number of rotatable bonds is 5. The average molecular weight is 263 g/mol. The maximum absolute atomic E-state index is 11.9. The number of hydrogen-bond donors (Lipinski definition) is 1. The summed E-state index contributed by atoms with van der Waals surface area (Å²) in [5.41, 5.74) is 4.28. The Morgan fingerprint density at radius 1 is 1.53 bits per heavy atom. The summed E-state index contributed by atoms with van der Waals surface area (Å²) >= 11 is 0. The fourth-order valence-corrected chi connectivity index (χ4v) is 2.04. The van der Waals surface area contributed by atoms with Crippen LogP contribution in [0.5, 0.6) is 0 Å². The molecule has 2 rings (SSSR count). The van der Waals surface area contributed by atoms with Gasteiger partial charge in [-0.3, -0.25) is 9.63 Å². The van der Waals surface area contributed by atoms with Crippen LogP contribution < -0.4 is 5.48 Å². The van der Waals surface area contributed by atoms with Crippen molar-refractivity contribution in [3.05, 3.63) is 35.4 Å². The van der Waals surface area contributed by atoms with Gasteiger partial charge in [-0.2, -0.15) is 0 Å². The van der Waals surface area contributed by atoms with Gasteiger partial charge in [-0.05, 0) is 30.0 Å². The largest absolute Gasteiger partial charge is 0.381 e. The Kier molecular flexibility index (Phi) is 4.93. The number of benzene rings is 1. The summed E-state index contributed by atoms with van der Waals surface area (Å²) < 4.78 is 5.25. The van der Waals surface area contributed by atoms with Crippen molar-refractivity contribution in [2.45, 2.75) is 26.2 Å². The molecule has 1 N–H and O–H groups in total. The molecular formula is C15H21NO3. The molecule has 0 saturated carbocycles. The Balaban J connectivity index is 1.83. The first kappa shape index (κ1) is 14.0. The van der Waals surface area contributed by atoms with E-state index in [2.05, 4.69) is 19.3 Å². The standard InChI is InChI=1S/C15H21NO3/c1-11(2)13-4-3-5-14(8-13)15(17)16-19-10-12-6-7-18-9-12/h3-5,8,11-12H,6-7,9-10H2,1-2H3,(H,16,17). The van der Waals surface area contributed by atoms with Gasteiger partial charge < -0.3 is 4.74 Å². The Hall–Kier alpha value is -1.39. The summed E-state index contributed by atoms with van der Waals surface area (Å²) in [7, 11) is 0. The van der Waals surface area contributed by atoms with E-state index in [0.717, 1.165) is 25.2 Å². The molecule has 1 aliphatic heterocycles. The summed E-state index contributed by atoms with van der Waals surface area (Å²) in [5, 5.41) is 0. The van der Waals surface area contributed by atoms with Gasteiger partial charge in [-0.1, -0.05) is 26.0 Å². The summed E-state index contributed by atoms with van der Waals surface area (Å²) in [5.74, 6) is 0.605. The fraction of sp³-hybridized carbons (Fsp3) is 0.533. The third-order valence-electron chi connectivity index (χ3n) is 3.32. The highest BCUT2D eigenvalue weighted by Crippen LogP contribution is 2.15. The molecule has 19 heavy (non-hydrogen) atoms. The van der Waals surface area contributed by atoms with E-state index in [-0.39, 0.29) is 5.91 Å². The first-order valence-corrected chi connectivity index (χ1v) is 6.76. The van der Waals surface area contributed by atoms with Crippen molar-refractivity contribution in [3.8, 4) is 0 Å². The van der Waals surface area contributed by atoms with Crippen LogP contribution >= 0.6 is 0 Å². The van der Waals surface area contributed by atoms with Gasteiger partial charge in [0.15, 0.2) is 0 Å². The van der Waals surface area contributed by atoms with Gasteiger partial charge in [0.05, 0.1) is 13.2 Å². The van der Waals surface area contributed by atoms with Gasteiger partial charge in [0.2, 0.25) is 0 Å². The highest BCUT2D eigenvalue weighted by Gasteiger charge is 2.16. The van der Waals surface area contributed by atoms with Gasteiger partial charge in [0, 0.05) is 18.1 Å². The number of hydroxylamine groups is 1. The minimum absolute atomic E-state index is 0.193. The van der Waals surface area contributed by atoms with Crippen molar-refractivity contribution in [1.82, 2.24) is 5.48 Å². The second-order valence-electron chi connectivity index (χ2n) is 5.25. The average Bonchev–Trinajstić information content (AvgIpc) is 2.92. The van der Waals surface area contributed by atoms with Gasteiger partial charge in [0.1, 0.15) is 0 Å². The highest BCUT2D eigenvalue weighted by atomic mass is 16.7. The number of carbonyl (C=O) groups excluding carboxylic acids is 1. The predicted octanol–water partition coefficient (Wildman–Crippen LogP) is 2.51. The molecule has 1 fully saturated rings. The predicted molar refractivity (Wildman–Crippen MR) is 72.9 cm³/mol. The Morgan fingerprint density at radius 3 is 3.05 bits per heavy atom. The molecule has 0 aliphatic carbocycles. The molecular weight excluding hydrogens is 242 g/mol. The zero-order chi connectivity index (χ0) is 13.7. The maximum atomic E-state index is 11.9. The van der Waals surface area contributed by atoms with E-state index in [4.69, 9.17) is 9.57 Å². The van der Waals surface area contributed by atoms with E-state index in [0.29, 0.717) is 24.0 Å². The highest BCUT2D eigenvalue weighted by molar-refractivity contribution is 5.93. The number of ether oxygens (including phenoxy) is 1. The van der Waals surface area contributed by atoms with Gasteiger partial charge >= 0.3 is 0 Å². The van der Waals surface area contributed by atoms with Crippen LogP contribution in [-0.4, -0.2) is 25.7 Å². The fourth-order valence-electron chi connectivity index (χ4n) is 2.04. The summed E-state index contributed by atoms with van der Waals surface area (Å²) in [6.45, 7) is 6.23. The van der Waals surface area contributed by atoms with Crippen LogP contribution in [0.4, 0.5) is 0 Å². The number of amides is 1. The van der Waals surface area contributed by atoms with Crippen LogP contribution in [0.25, 0.3) is 0 Å². The second-order valence-corrected chi connectivity index (χ2v) is 5.25. The molecule has 0 aromatic heterocycles. The van der Waals surface area contributed by atoms with Crippen molar-refractivity contribution in [2.75, 3.05) is 19.8 Å². The quantitative estimate of drug-likeness (QED) is 0.830. The molecule has 1 saturated heterocycles. The van der Waals surface area contributed by atoms with E-state index in [1.807, 2.05) is 18.2 Å².